The quantitative estimate of drug-likeness (QED) is 0.624. The Bertz CT molecular complexity index is 948. The molecule has 0 bridgehead atoms. The molecule has 0 saturated carbocycles. The maximum absolute atomic E-state index is 4.73. The van der Waals surface area contributed by atoms with Crippen molar-refractivity contribution < 1.29 is 0 Å². The maximum Gasteiger partial charge on any atom is 0.147 e. The number of anilines is 1. The summed E-state index contributed by atoms with van der Waals surface area (Å²) in [4.78, 5) is 11.4. The van der Waals surface area contributed by atoms with Crippen molar-refractivity contribution in [3.05, 3.63) is 72.7 Å². The average molecular weight is 315 g/mol. The number of fused-ring (bicyclic) bond motifs is 1. The Morgan fingerprint density at radius 3 is 2.62 bits per heavy atom. The van der Waals surface area contributed by atoms with Crippen LogP contribution < -0.4 is 4.90 Å². The van der Waals surface area contributed by atoms with Crippen molar-refractivity contribution in [2.75, 3.05) is 11.9 Å². The van der Waals surface area contributed by atoms with Crippen molar-refractivity contribution in [2.45, 2.75) is 6.54 Å². The van der Waals surface area contributed by atoms with E-state index >= 15 is 0 Å². The zero-order valence-electron chi connectivity index (χ0n) is 13.3. The van der Waals surface area contributed by atoms with Gasteiger partial charge in [0.15, 0.2) is 0 Å². The van der Waals surface area contributed by atoms with E-state index in [2.05, 4.69) is 32.2 Å². The molecule has 0 aliphatic rings. The van der Waals surface area contributed by atoms with E-state index in [1.54, 1.807) is 6.20 Å². The average Bonchev–Trinajstić information content (AvgIpc) is 3.16. The lowest BCUT2D eigenvalue weighted by atomic mass is 10.1. The van der Waals surface area contributed by atoms with Gasteiger partial charge in [0.25, 0.3) is 0 Å². The molecule has 0 radical (unpaired) electrons. The van der Waals surface area contributed by atoms with E-state index in [4.69, 9.17) is 4.98 Å². The van der Waals surface area contributed by atoms with E-state index in [1.807, 2.05) is 55.8 Å². The Hall–Kier alpha value is -3.21. The first kappa shape index (κ1) is 14.4. The molecular weight excluding hydrogens is 298 g/mol. The lowest BCUT2D eigenvalue weighted by Gasteiger charge is -2.18. The summed E-state index contributed by atoms with van der Waals surface area (Å²) in [6.45, 7) is 0.800. The minimum atomic E-state index is 0.800. The number of benzene rings is 2. The molecule has 4 aromatic rings. The Morgan fingerprint density at radius 2 is 1.83 bits per heavy atom. The van der Waals surface area contributed by atoms with Crippen molar-refractivity contribution >= 4 is 16.9 Å². The van der Waals surface area contributed by atoms with Crippen LogP contribution in [0.2, 0.25) is 0 Å². The largest absolute Gasteiger partial charge is 0.354 e. The molecule has 0 amide bonds. The second-order valence-electron chi connectivity index (χ2n) is 5.76. The molecule has 118 valence electrons. The van der Waals surface area contributed by atoms with Crippen LogP contribution in [0.3, 0.4) is 0 Å². The minimum Gasteiger partial charge on any atom is -0.354 e. The van der Waals surface area contributed by atoms with E-state index in [1.165, 1.54) is 5.56 Å². The third kappa shape index (κ3) is 2.84. The SMILES string of the molecule is CN(Cc1ccccc1)c1cnc2cc(-c3cn[nH]c3)ccc2n1. The van der Waals surface area contributed by atoms with E-state index < -0.39 is 0 Å². The number of H-pyrrole nitrogens is 1. The van der Waals surface area contributed by atoms with Gasteiger partial charge >= 0.3 is 0 Å². The van der Waals surface area contributed by atoms with Gasteiger partial charge in [0.05, 0.1) is 23.4 Å². The molecule has 0 aliphatic heterocycles. The second-order valence-corrected chi connectivity index (χ2v) is 5.76. The highest BCUT2D eigenvalue weighted by molar-refractivity contribution is 5.81. The molecule has 24 heavy (non-hydrogen) atoms. The van der Waals surface area contributed by atoms with Crippen LogP contribution >= 0.6 is 0 Å². The zero-order chi connectivity index (χ0) is 16.4. The standard InChI is InChI=1S/C19H17N5/c1-24(13-14-5-3-2-4-6-14)19-12-20-18-9-15(7-8-17(18)23-19)16-10-21-22-11-16/h2-12H,13H2,1H3,(H,21,22). The molecule has 5 heteroatoms. The predicted octanol–water partition coefficient (Wildman–Crippen LogP) is 3.66. The van der Waals surface area contributed by atoms with Crippen LogP contribution in [0.5, 0.6) is 0 Å². The van der Waals surface area contributed by atoms with Crippen molar-refractivity contribution in [2.24, 2.45) is 0 Å². The third-order valence-electron chi connectivity index (χ3n) is 4.01. The Kier molecular flexibility index (Phi) is 3.67. The summed E-state index contributed by atoms with van der Waals surface area (Å²) in [7, 11) is 2.03. The van der Waals surface area contributed by atoms with Crippen LogP contribution in [0.25, 0.3) is 22.2 Å². The van der Waals surface area contributed by atoms with Crippen LogP contribution in [-0.2, 0) is 6.54 Å². The smallest absolute Gasteiger partial charge is 0.147 e. The summed E-state index contributed by atoms with van der Waals surface area (Å²) in [5.74, 6) is 0.863. The second kappa shape index (κ2) is 6.12. The van der Waals surface area contributed by atoms with Crippen LogP contribution in [0.1, 0.15) is 5.56 Å². The molecule has 0 unspecified atom stereocenters. The molecule has 0 spiro atoms. The number of rotatable bonds is 4. The van der Waals surface area contributed by atoms with Crippen molar-refractivity contribution in [3.8, 4) is 11.1 Å². The molecule has 2 heterocycles. The van der Waals surface area contributed by atoms with E-state index in [0.717, 1.165) is 34.5 Å². The first-order valence-electron chi connectivity index (χ1n) is 7.80. The number of hydrogen-bond donors (Lipinski definition) is 1. The van der Waals surface area contributed by atoms with Gasteiger partial charge in [-0.2, -0.15) is 5.10 Å². The van der Waals surface area contributed by atoms with Gasteiger partial charge in [-0.1, -0.05) is 36.4 Å². The molecule has 0 atom stereocenters. The van der Waals surface area contributed by atoms with Crippen molar-refractivity contribution in [1.82, 2.24) is 20.2 Å². The summed E-state index contributed by atoms with van der Waals surface area (Å²) in [6, 6.07) is 16.4. The van der Waals surface area contributed by atoms with Gasteiger partial charge in [0.2, 0.25) is 0 Å². The summed E-state index contributed by atoms with van der Waals surface area (Å²) in [5, 5.41) is 6.82. The highest BCUT2D eigenvalue weighted by Gasteiger charge is 2.07. The predicted molar refractivity (Wildman–Crippen MR) is 95.7 cm³/mol. The molecule has 4 rings (SSSR count). The molecule has 0 fully saturated rings. The van der Waals surface area contributed by atoms with Gasteiger partial charge in [-0.15, -0.1) is 0 Å². The fourth-order valence-electron chi connectivity index (χ4n) is 2.71. The minimum absolute atomic E-state index is 0.800. The highest BCUT2D eigenvalue weighted by atomic mass is 15.2. The number of aromatic nitrogens is 4. The Balaban J connectivity index is 1.62. The maximum atomic E-state index is 4.73. The topological polar surface area (TPSA) is 57.7 Å². The van der Waals surface area contributed by atoms with Gasteiger partial charge < -0.3 is 4.90 Å². The number of hydrogen-bond acceptors (Lipinski definition) is 4. The molecule has 2 aromatic carbocycles. The van der Waals surface area contributed by atoms with Gasteiger partial charge in [-0.05, 0) is 23.3 Å². The van der Waals surface area contributed by atoms with Gasteiger partial charge in [-0.3, -0.25) is 10.1 Å². The molecule has 0 saturated heterocycles. The summed E-state index contributed by atoms with van der Waals surface area (Å²) >= 11 is 0. The molecule has 2 aromatic heterocycles. The van der Waals surface area contributed by atoms with Crippen LogP contribution in [0.15, 0.2) is 67.1 Å². The van der Waals surface area contributed by atoms with Crippen LogP contribution in [0, 0.1) is 0 Å². The molecule has 0 aliphatic carbocycles. The lowest BCUT2D eigenvalue weighted by molar-refractivity contribution is 0.897. The monoisotopic (exact) mass is 315 g/mol. The van der Waals surface area contributed by atoms with E-state index in [-0.39, 0.29) is 0 Å². The Labute approximate surface area is 140 Å². The van der Waals surface area contributed by atoms with Gasteiger partial charge in [0, 0.05) is 25.4 Å². The molecule has 5 nitrogen and oxygen atoms in total. The highest BCUT2D eigenvalue weighted by Crippen LogP contribution is 2.23. The van der Waals surface area contributed by atoms with Crippen LogP contribution in [0.4, 0.5) is 5.82 Å². The fourth-order valence-corrected chi connectivity index (χ4v) is 2.71. The summed E-state index contributed by atoms with van der Waals surface area (Å²) < 4.78 is 0. The fraction of sp³-hybridized carbons (Fsp3) is 0.105. The Morgan fingerprint density at radius 1 is 0.958 bits per heavy atom. The van der Waals surface area contributed by atoms with Crippen molar-refractivity contribution in [3.63, 3.8) is 0 Å². The lowest BCUT2D eigenvalue weighted by Crippen LogP contribution is -2.17. The number of nitrogens with zero attached hydrogens (tertiary/aromatic N) is 4. The first-order chi connectivity index (χ1) is 11.8. The third-order valence-corrected chi connectivity index (χ3v) is 4.01. The van der Waals surface area contributed by atoms with Gasteiger partial charge in [0.1, 0.15) is 5.82 Å². The van der Waals surface area contributed by atoms with Gasteiger partial charge in [-0.25, -0.2) is 4.98 Å². The zero-order valence-corrected chi connectivity index (χ0v) is 13.3. The summed E-state index contributed by atoms with van der Waals surface area (Å²) in [6.07, 6.45) is 5.50. The molecule has 1 N–H and O–H groups in total. The van der Waals surface area contributed by atoms with E-state index in [9.17, 15) is 0 Å². The van der Waals surface area contributed by atoms with Crippen molar-refractivity contribution in [1.29, 1.82) is 0 Å². The first-order valence-corrected chi connectivity index (χ1v) is 7.80. The number of aromatic amines is 1. The molecular formula is C19H17N5. The normalized spacial score (nSPS) is 10.9. The number of nitrogens with one attached hydrogen (secondary N) is 1. The van der Waals surface area contributed by atoms with Crippen LogP contribution in [-0.4, -0.2) is 27.2 Å². The summed E-state index contributed by atoms with van der Waals surface area (Å²) in [5.41, 5.74) is 5.14. The van der Waals surface area contributed by atoms with E-state index in [0.29, 0.717) is 0 Å².